The standard InChI is InChI=1S/C22H21NO5/c1-13-4-9-19-17(11-28-22(19)14(13)2)10-21(26)27-12-20(25)16-5-7-18(8-6-16)23-15(3)24/h4-9,11H,10,12H2,1-3H3,(H,23,24). The Kier molecular flexibility index (Phi) is 5.59. The van der Waals surface area contributed by atoms with Gasteiger partial charge in [0.1, 0.15) is 5.58 Å². The molecule has 0 saturated carbocycles. The summed E-state index contributed by atoms with van der Waals surface area (Å²) in [7, 11) is 0. The van der Waals surface area contributed by atoms with E-state index in [-0.39, 0.29) is 24.7 Å². The summed E-state index contributed by atoms with van der Waals surface area (Å²) in [6, 6.07) is 10.3. The molecule has 0 spiro atoms. The van der Waals surface area contributed by atoms with Crippen LogP contribution in [-0.2, 0) is 20.7 Å². The van der Waals surface area contributed by atoms with Gasteiger partial charge in [-0.15, -0.1) is 0 Å². The maximum absolute atomic E-state index is 12.2. The van der Waals surface area contributed by atoms with Gasteiger partial charge < -0.3 is 14.5 Å². The fourth-order valence-corrected chi connectivity index (χ4v) is 2.90. The van der Waals surface area contributed by atoms with Gasteiger partial charge in [0.25, 0.3) is 0 Å². The summed E-state index contributed by atoms with van der Waals surface area (Å²) in [5.41, 5.74) is 4.65. The van der Waals surface area contributed by atoms with E-state index in [4.69, 9.17) is 9.15 Å². The van der Waals surface area contributed by atoms with Crippen molar-refractivity contribution in [3.8, 4) is 0 Å². The summed E-state index contributed by atoms with van der Waals surface area (Å²) in [6.07, 6.45) is 1.59. The number of nitrogens with one attached hydrogen (secondary N) is 1. The molecule has 0 aliphatic heterocycles. The number of fused-ring (bicyclic) bond motifs is 1. The van der Waals surface area contributed by atoms with Crippen molar-refractivity contribution in [2.75, 3.05) is 11.9 Å². The SMILES string of the molecule is CC(=O)Nc1ccc(C(=O)COC(=O)Cc2coc3c(C)c(C)ccc23)cc1. The number of benzene rings is 2. The average molecular weight is 379 g/mol. The van der Waals surface area contributed by atoms with Crippen LogP contribution in [0.2, 0.25) is 0 Å². The number of hydrogen-bond donors (Lipinski definition) is 1. The van der Waals surface area contributed by atoms with Crippen LogP contribution in [0.1, 0.15) is 34.0 Å². The lowest BCUT2D eigenvalue weighted by Gasteiger charge is -2.06. The number of esters is 1. The van der Waals surface area contributed by atoms with E-state index in [0.29, 0.717) is 11.3 Å². The highest BCUT2D eigenvalue weighted by atomic mass is 16.5. The minimum atomic E-state index is -0.496. The highest BCUT2D eigenvalue weighted by Gasteiger charge is 2.15. The molecular formula is C22H21NO5. The molecule has 0 atom stereocenters. The normalized spacial score (nSPS) is 10.7. The van der Waals surface area contributed by atoms with E-state index in [2.05, 4.69) is 5.32 Å². The molecule has 1 amide bonds. The van der Waals surface area contributed by atoms with E-state index in [1.54, 1.807) is 30.5 Å². The van der Waals surface area contributed by atoms with Gasteiger partial charge in [-0.2, -0.15) is 0 Å². The van der Waals surface area contributed by atoms with Gasteiger partial charge in [-0.1, -0.05) is 12.1 Å². The second kappa shape index (κ2) is 8.08. The van der Waals surface area contributed by atoms with Crippen molar-refractivity contribution >= 4 is 34.3 Å². The maximum atomic E-state index is 12.2. The molecule has 6 heteroatoms. The fraction of sp³-hybridized carbons (Fsp3) is 0.227. The number of furan rings is 1. The highest BCUT2D eigenvalue weighted by Crippen LogP contribution is 2.26. The lowest BCUT2D eigenvalue weighted by Crippen LogP contribution is -2.15. The Morgan fingerprint density at radius 3 is 2.43 bits per heavy atom. The Bertz CT molecular complexity index is 1050. The Hall–Kier alpha value is -3.41. The van der Waals surface area contributed by atoms with Gasteiger partial charge in [-0.05, 0) is 49.2 Å². The number of rotatable bonds is 6. The van der Waals surface area contributed by atoms with Crippen LogP contribution in [0.15, 0.2) is 47.1 Å². The van der Waals surface area contributed by atoms with E-state index in [1.807, 2.05) is 26.0 Å². The van der Waals surface area contributed by atoms with Crippen molar-refractivity contribution in [1.82, 2.24) is 0 Å². The van der Waals surface area contributed by atoms with Crippen LogP contribution < -0.4 is 5.32 Å². The maximum Gasteiger partial charge on any atom is 0.310 e. The Morgan fingerprint density at radius 2 is 1.75 bits per heavy atom. The Balaban J connectivity index is 1.59. The first-order valence-corrected chi connectivity index (χ1v) is 8.88. The summed E-state index contributed by atoms with van der Waals surface area (Å²) >= 11 is 0. The Morgan fingerprint density at radius 1 is 1.04 bits per heavy atom. The second-order valence-corrected chi connectivity index (χ2v) is 6.66. The highest BCUT2D eigenvalue weighted by molar-refractivity contribution is 5.99. The minimum Gasteiger partial charge on any atom is -0.464 e. The zero-order chi connectivity index (χ0) is 20.3. The van der Waals surface area contributed by atoms with Gasteiger partial charge in [0.2, 0.25) is 5.91 Å². The van der Waals surface area contributed by atoms with Crippen molar-refractivity contribution in [3.05, 3.63) is 64.9 Å². The van der Waals surface area contributed by atoms with Crippen molar-refractivity contribution < 1.29 is 23.5 Å². The predicted octanol–water partition coefficient (Wildman–Crippen LogP) is 3.98. The molecule has 2 aromatic carbocycles. The number of Topliss-reactive ketones (excluding diaryl/α,β-unsaturated/α-hetero) is 1. The van der Waals surface area contributed by atoms with Gasteiger partial charge in [-0.25, -0.2) is 0 Å². The van der Waals surface area contributed by atoms with E-state index in [0.717, 1.165) is 27.7 Å². The molecule has 1 heterocycles. The molecular weight excluding hydrogens is 358 g/mol. The number of anilines is 1. The first-order valence-electron chi connectivity index (χ1n) is 8.88. The van der Waals surface area contributed by atoms with E-state index in [9.17, 15) is 14.4 Å². The molecule has 0 aliphatic carbocycles. The second-order valence-electron chi connectivity index (χ2n) is 6.66. The largest absolute Gasteiger partial charge is 0.464 e. The molecule has 0 radical (unpaired) electrons. The molecule has 144 valence electrons. The van der Waals surface area contributed by atoms with E-state index >= 15 is 0 Å². The minimum absolute atomic E-state index is 0.0320. The van der Waals surface area contributed by atoms with E-state index < -0.39 is 5.97 Å². The molecule has 28 heavy (non-hydrogen) atoms. The molecule has 0 bridgehead atoms. The van der Waals surface area contributed by atoms with E-state index in [1.165, 1.54) is 6.92 Å². The van der Waals surface area contributed by atoms with Gasteiger partial charge in [0, 0.05) is 29.1 Å². The first kappa shape index (κ1) is 19.4. The molecule has 1 aromatic heterocycles. The van der Waals surface area contributed by atoms with Crippen LogP contribution in [-0.4, -0.2) is 24.3 Å². The van der Waals surface area contributed by atoms with Crippen molar-refractivity contribution in [2.24, 2.45) is 0 Å². The van der Waals surface area contributed by atoms with Crippen LogP contribution in [0.25, 0.3) is 11.0 Å². The summed E-state index contributed by atoms with van der Waals surface area (Å²) < 4.78 is 10.7. The topological polar surface area (TPSA) is 85.6 Å². The molecule has 1 N–H and O–H groups in total. The number of ether oxygens (including phenoxy) is 1. The van der Waals surface area contributed by atoms with Gasteiger partial charge in [-0.3, -0.25) is 14.4 Å². The smallest absolute Gasteiger partial charge is 0.310 e. The summed E-state index contributed by atoms with van der Waals surface area (Å²) in [4.78, 5) is 35.4. The monoisotopic (exact) mass is 379 g/mol. The third-order valence-corrected chi connectivity index (χ3v) is 4.57. The first-order chi connectivity index (χ1) is 13.3. The van der Waals surface area contributed by atoms with Crippen molar-refractivity contribution in [1.29, 1.82) is 0 Å². The van der Waals surface area contributed by atoms with Crippen LogP contribution in [0, 0.1) is 13.8 Å². The molecule has 3 rings (SSSR count). The third-order valence-electron chi connectivity index (χ3n) is 4.57. The number of amides is 1. The molecule has 0 fully saturated rings. The van der Waals surface area contributed by atoms with Gasteiger partial charge in [0.15, 0.2) is 12.4 Å². The summed E-state index contributed by atoms with van der Waals surface area (Å²) in [5, 5.41) is 3.50. The molecule has 0 saturated heterocycles. The zero-order valence-corrected chi connectivity index (χ0v) is 16.0. The molecule has 6 nitrogen and oxygen atoms in total. The summed E-state index contributed by atoms with van der Waals surface area (Å²) in [5.74, 6) is -1.000. The number of aryl methyl sites for hydroxylation is 2. The molecule has 0 unspecified atom stereocenters. The Labute approximate surface area is 162 Å². The van der Waals surface area contributed by atoms with Crippen LogP contribution in [0.5, 0.6) is 0 Å². The predicted molar refractivity (Wildman–Crippen MR) is 105 cm³/mol. The lowest BCUT2D eigenvalue weighted by molar-refractivity contribution is -0.141. The van der Waals surface area contributed by atoms with Crippen LogP contribution in [0.3, 0.4) is 0 Å². The van der Waals surface area contributed by atoms with Crippen LogP contribution in [0.4, 0.5) is 5.69 Å². The third kappa shape index (κ3) is 4.28. The quantitative estimate of drug-likeness (QED) is 0.517. The average Bonchev–Trinajstić information content (AvgIpc) is 3.06. The lowest BCUT2D eigenvalue weighted by atomic mass is 10.0. The van der Waals surface area contributed by atoms with Gasteiger partial charge >= 0.3 is 5.97 Å². The summed E-state index contributed by atoms with van der Waals surface area (Å²) in [6.45, 7) is 5.04. The number of hydrogen-bond acceptors (Lipinski definition) is 5. The van der Waals surface area contributed by atoms with Crippen molar-refractivity contribution in [2.45, 2.75) is 27.2 Å². The number of ketones is 1. The fourth-order valence-electron chi connectivity index (χ4n) is 2.90. The molecule has 0 aliphatic rings. The van der Waals surface area contributed by atoms with Gasteiger partial charge in [0.05, 0.1) is 12.7 Å². The zero-order valence-electron chi connectivity index (χ0n) is 16.0. The molecule has 3 aromatic rings. The van der Waals surface area contributed by atoms with Crippen molar-refractivity contribution in [3.63, 3.8) is 0 Å². The number of carbonyl (C=O) groups excluding carboxylic acids is 3. The van der Waals surface area contributed by atoms with Crippen LogP contribution >= 0.6 is 0 Å². The number of carbonyl (C=O) groups is 3.